The van der Waals surface area contributed by atoms with Gasteiger partial charge in [0, 0.05) is 13.2 Å². The number of hydrogen-bond donors (Lipinski definition) is 1. The average Bonchev–Trinajstić information content (AvgIpc) is 2.44. The lowest BCUT2D eigenvalue weighted by atomic mass is 10.0. The van der Waals surface area contributed by atoms with Crippen molar-refractivity contribution in [1.29, 1.82) is 0 Å². The molecule has 14 heavy (non-hydrogen) atoms. The van der Waals surface area contributed by atoms with Crippen LogP contribution in [0.4, 0.5) is 0 Å². The SMILES string of the molecule is Cn1nc(C(C)(C)N)c2ncccc21. The van der Waals surface area contributed by atoms with Crippen molar-refractivity contribution in [2.45, 2.75) is 19.4 Å². The summed E-state index contributed by atoms with van der Waals surface area (Å²) in [6.45, 7) is 3.87. The molecule has 0 unspecified atom stereocenters. The van der Waals surface area contributed by atoms with Crippen LogP contribution in [0.1, 0.15) is 19.5 Å². The van der Waals surface area contributed by atoms with Crippen molar-refractivity contribution in [3.05, 3.63) is 24.0 Å². The predicted molar refractivity (Wildman–Crippen MR) is 55.7 cm³/mol. The summed E-state index contributed by atoms with van der Waals surface area (Å²) in [5.74, 6) is 0. The molecule has 4 heteroatoms. The lowest BCUT2D eigenvalue weighted by molar-refractivity contribution is 0.526. The van der Waals surface area contributed by atoms with E-state index in [4.69, 9.17) is 5.73 Å². The smallest absolute Gasteiger partial charge is 0.113 e. The summed E-state index contributed by atoms with van der Waals surface area (Å²) in [4.78, 5) is 4.31. The highest BCUT2D eigenvalue weighted by molar-refractivity contribution is 5.78. The van der Waals surface area contributed by atoms with E-state index in [0.29, 0.717) is 0 Å². The molecular formula is C10H14N4. The van der Waals surface area contributed by atoms with Gasteiger partial charge in [-0.15, -0.1) is 0 Å². The first-order valence-electron chi connectivity index (χ1n) is 4.57. The van der Waals surface area contributed by atoms with Crippen molar-refractivity contribution < 1.29 is 0 Å². The highest BCUT2D eigenvalue weighted by atomic mass is 15.3. The predicted octanol–water partition coefficient (Wildman–Crippen LogP) is 1.16. The molecule has 2 N–H and O–H groups in total. The fourth-order valence-electron chi connectivity index (χ4n) is 1.53. The summed E-state index contributed by atoms with van der Waals surface area (Å²) in [6.07, 6.45) is 1.76. The summed E-state index contributed by atoms with van der Waals surface area (Å²) < 4.78 is 1.81. The van der Waals surface area contributed by atoms with E-state index in [1.807, 2.05) is 37.7 Å². The molecule has 0 spiro atoms. The van der Waals surface area contributed by atoms with Crippen molar-refractivity contribution in [2.75, 3.05) is 0 Å². The fraction of sp³-hybridized carbons (Fsp3) is 0.400. The molecule has 0 amide bonds. The molecule has 4 nitrogen and oxygen atoms in total. The third-order valence-electron chi connectivity index (χ3n) is 2.22. The number of hydrogen-bond acceptors (Lipinski definition) is 3. The maximum Gasteiger partial charge on any atom is 0.113 e. The van der Waals surface area contributed by atoms with Crippen LogP contribution in [0.25, 0.3) is 11.0 Å². The Morgan fingerprint density at radius 3 is 2.79 bits per heavy atom. The molecule has 0 aliphatic heterocycles. The number of aromatic nitrogens is 3. The molecule has 0 radical (unpaired) electrons. The van der Waals surface area contributed by atoms with Gasteiger partial charge in [-0.2, -0.15) is 5.10 Å². The van der Waals surface area contributed by atoms with E-state index in [-0.39, 0.29) is 0 Å². The van der Waals surface area contributed by atoms with Gasteiger partial charge >= 0.3 is 0 Å². The summed E-state index contributed by atoms with van der Waals surface area (Å²) in [5, 5.41) is 4.39. The third kappa shape index (κ3) is 1.28. The van der Waals surface area contributed by atoms with E-state index in [1.165, 1.54) is 0 Å². The Hall–Kier alpha value is -1.42. The largest absolute Gasteiger partial charge is 0.320 e. The van der Waals surface area contributed by atoms with Gasteiger partial charge in [0.15, 0.2) is 0 Å². The number of nitrogens with zero attached hydrogens (tertiary/aromatic N) is 3. The first-order valence-corrected chi connectivity index (χ1v) is 4.57. The van der Waals surface area contributed by atoms with Gasteiger partial charge in [0.05, 0.1) is 11.1 Å². The van der Waals surface area contributed by atoms with Crippen LogP contribution in [0.5, 0.6) is 0 Å². The molecule has 0 aliphatic carbocycles. The topological polar surface area (TPSA) is 56.7 Å². The molecule has 2 rings (SSSR count). The normalized spacial score (nSPS) is 12.3. The highest BCUT2D eigenvalue weighted by Gasteiger charge is 2.22. The molecule has 2 heterocycles. The zero-order valence-electron chi connectivity index (χ0n) is 8.65. The molecular weight excluding hydrogens is 176 g/mol. The zero-order chi connectivity index (χ0) is 10.3. The second-order valence-corrected chi connectivity index (χ2v) is 4.07. The van der Waals surface area contributed by atoms with Crippen molar-refractivity contribution in [3.8, 4) is 0 Å². The first kappa shape index (κ1) is 9.15. The monoisotopic (exact) mass is 190 g/mol. The second-order valence-electron chi connectivity index (χ2n) is 4.07. The van der Waals surface area contributed by atoms with Crippen LogP contribution in [0.3, 0.4) is 0 Å². The van der Waals surface area contributed by atoms with E-state index >= 15 is 0 Å². The maximum absolute atomic E-state index is 6.02. The van der Waals surface area contributed by atoms with Crippen molar-refractivity contribution in [2.24, 2.45) is 12.8 Å². The minimum atomic E-state index is -0.451. The van der Waals surface area contributed by atoms with Gasteiger partial charge in [-0.3, -0.25) is 9.67 Å². The number of fused-ring (bicyclic) bond motifs is 1. The molecule has 0 aromatic carbocycles. The van der Waals surface area contributed by atoms with Gasteiger partial charge in [-0.05, 0) is 26.0 Å². The van der Waals surface area contributed by atoms with Crippen LogP contribution in [-0.4, -0.2) is 14.8 Å². The van der Waals surface area contributed by atoms with Gasteiger partial charge in [-0.25, -0.2) is 0 Å². The van der Waals surface area contributed by atoms with Gasteiger partial charge in [-0.1, -0.05) is 0 Å². The van der Waals surface area contributed by atoms with E-state index in [9.17, 15) is 0 Å². The lowest BCUT2D eigenvalue weighted by Crippen LogP contribution is -2.29. The maximum atomic E-state index is 6.02. The van der Waals surface area contributed by atoms with Crippen LogP contribution in [0, 0.1) is 0 Å². The molecule has 2 aromatic heterocycles. The molecule has 0 bridgehead atoms. The summed E-state index contributed by atoms with van der Waals surface area (Å²) in [6, 6.07) is 3.89. The number of rotatable bonds is 1. The fourth-order valence-corrected chi connectivity index (χ4v) is 1.53. The number of aryl methyl sites for hydroxylation is 1. The van der Waals surface area contributed by atoms with E-state index in [0.717, 1.165) is 16.7 Å². The Morgan fingerprint density at radius 2 is 2.14 bits per heavy atom. The highest BCUT2D eigenvalue weighted by Crippen LogP contribution is 2.23. The summed E-state index contributed by atoms with van der Waals surface area (Å²) >= 11 is 0. The minimum Gasteiger partial charge on any atom is -0.320 e. The summed E-state index contributed by atoms with van der Waals surface area (Å²) in [7, 11) is 1.90. The Labute approximate surface area is 82.7 Å². The Kier molecular flexibility index (Phi) is 1.82. The molecule has 74 valence electrons. The van der Waals surface area contributed by atoms with Gasteiger partial charge in [0.1, 0.15) is 11.2 Å². The molecule has 0 aliphatic rings. The van der Waals surface area contributed by atoms with Crippen LogP contribution in [0.15, 0.2) is 18.3 Å². The Balaban J connectivity index is 2.80. The molecule has 0 saturated carbocycles. The van der Waals surface area contributed by atoms with E-state index in [1.54, 1.807) is 6.20 Å². The van der Waals surface area contributed by atoms with E-state index in [2.05, 4.69) is 10.1 Å². The Morgan fingerprint density at radius 1 is 1.43 bits per heavy atom. The average molecular weight is 190 g/mol. The Bertz CT molecular complexity index is 464. The number of pyridine rings is 1. The van der Waals surface area contributed by atoms with Crippen LogP contribution >= 0.6 is 0 Å². The van der Waals surface area contributed by atoms with Crippen molar-refractivity contribution >= 4 is 11.0 Å². The first-order chi connectivity index (χ1) is 6.50. The quantitative estimate of drug-likeness (QED) is 0.734. The summed E-state index contributed by atoms with van der Waals surface area (Å²) in [5.41, 5.74) is 8.32. The van der Waals surface area contributed by atoms with Gasteiger partial charge < -0.3 is 5.73 Å². The molecule has 2 aromatic rings. The van der Waals surface area contributed by atoms with Crippen LogP contribution in [0.2, 0.25) is 0 Å². The van der Waals surface area contributed by atoms with E-state index < -0.39 is 5.54 Å². The third-order valence-corrected chi connectivity index (χ3v) is 2.22. The minimum absolute atomic E-state index is 0.451. The molecule has 0 saturated heterocycles. The number of nitrogens with two attached hydrogens (primary N) is 1. The van der Waals surface area contributed by atoms with Crippen LogP contribution in [-0.2, 0) is 12.6 Å². The second kappa shape index (κ2) is 2.78. The van der Waals surface area contributed by atoms with Gasteiger partial charge in [0.25, 0.3) is 0 Å². The molecule has 0 atom stereocenters. The standard InChI is InChI=1S/C10H14N4/c1-10(2,11)9-8-7(14(3)13-9)5-4-6-12-8/h4-6H,11H2,1-3H3. The zero-order valence-corrected chi connectivity index (χ0v) is 8.65. The molecule has 0 fully saturated rings. The van der Waals surface area contributed by atoms with Crippen molar-refractivity contribution in [3.63, 3.8) is 0 Å². The van der Waals surface area contributed by atoms with Crippen LogP contribution < -0.4 is 5.73 Å². The lowest BCUT2D eigenvalue weighted by Gasteiger charge is -2.14. The van der Waals surface area contributed by atoms with Gasteiger partial charge in [0.2, 0.25) is 0 Å². The van der Waals surface area contributed by atoms with Crippen molar-refractivity contribution in [1.82, 2.24) is 14.8 Å².